The van der Waals surface area contributed by atoms with Crippen LogP contribution in [-0.2, 0) is 9.13 Å². The van der Waals surface area contributed by atoms with Crippen LogP contribution in [0.15, 0.2) is 0 Å². The average molecular weight is 574 g/mol. The highest BCUT2D eigenvalue weighted by Gasteiger charge is 2.01. The van der Waals surface area contributed by atoms with Gasteiger partial charge in [-0.15, -0.1) is 0 Å². The number of hydrogen-bond acceptors (Lipinski definition) is 20. The SMILES string of the molecule is Nc1nc(N)nc(N)n1.Nc1nc(N)nc(N)n1.Nc1nc(N)nc(N)n1.O=P(O)(O)O.O=P(O)(O)O. The molecule has 0 saturated carbocycles. The minimum absolute atomic E-state index is 0.0417. The summed E-state index contributed by atoms with van der Waals surface area (Å²) in [7, 11) is -9.28. The molecule has 0 atom stereocenters. The molecule has 0 spiro atoms. The van der Waals surface area contributed by atoms with Crippen LogP contribution in [0.4, 0.5) is 53.5 Å². The van der Waals surface area contributed by atoms with Crippen molar-refractivity contribution in [2.24, 2.45) is 0 Å². The molecule has 28 heteroatoms. The maximum absolute atomic E-state index is 8.88. The summed E-state index contributed by atoms with van der Waals surface area (Å²) in [6, 6.07) is 0. The molecule has 0 aromatic carbocycles. The smallest absolute Gasteiger partial charge is 0.368 e. The fourth-order valence-electron chi connectivity index (χ4n) is 1.28. The minimum Gasteiger partial charge on any atom is -0.368 e. The molecule has 3 aromatic heterocycles. The summed E-state index contributed by atoms with van der Waals surface area (Å²) in [5.41, 5.74) is 46.2. The van der Waals surface area contributed by atoms with Gasteiger partial charge in [0.2, 0.25) is 53.5 Å². The van der Waals surface area contributed by atoms with Crippen LogP contribution in [0.5, 0.6) is 0 Å². The minimum atomic E-state index is -4.64. The Morgan fingerprint density at radius 1 is 0.324 bits per heavy atom. The van der Waals surface area contributed by atoms with Crippen molar-refractivity contribution >= 4 is 69.2 Å². The van der Waals surface area contributed by atoms with Gasteiger partial charge >= 0.3 is 15.6 Å². The zero-order valence-electron chi connectivity index (χ0n) is 18.1. The van der Waals surface area contributed by atoms with Crippen LogP contribution in [0.2, 0.25) is 0 Å². The molecule has 0 aliphatic heterocycles. The average Bonchev–Trinajstić information content (AvgIpc) is 2.55. The molecule has 3 aromatic rings. The van der Waals surface area contributed by atoms with Crippen molar-refractivity contribution in [1.29, 1.82) is 0 Å². The number of phosphoric acid groups is 2. The fourth-order valence-corrected chi connectivity index (χ4v) is 1.28. The monoisotopic (exact) mass is 574 g/mol. The first kappa shape index (κ1) is 34.6. The van der Waals surface area contributed by atoms with Gasteiger partial charge in [0.05, 0.1) is 0 Å². The summed E-state index contributed by atoms with van der Waals surface area (Å²) in [5, 5.41) is 0. The second kappa shape index (κ2) is 15.4. The molecule has 0 unspecified atom stereocenters. The highest BCUT2D eigenvalue weighted by Crippen LogP contribution is 2.26. The van der Waals surface area contributed by atoms with Crippen LogP contribution in [0, 0.1) is 0 Å². The maximum Gasteiger partial charge on any atom is 0.466 e. The third-order valence-corrected chi connectivity index (χ3v) is 2.06. The van der Waals surface area contributed by atoms with Crippen molar-refractivity contribution in [2.45, 2.75) is 0 Å². The number of nitrogens with two attached hydrogens (primary N) is 9. The van der Waals surface area contributed by atoms with E-state index in [1.807, 2.05) is 0 Å². The highest BCUT2D eigenvalue weighted by molar-refractivity contribution is 7.45. The van der Waals surface area contributed by atoms with Gasteiger partial charge in [-0.1, -0.05) is 0 Å². The van der Waals surface area contributed by atoms with Crippen LogP contribution in [0.3, 0.4) is 0 Å². The second-order valence-corrected chi connectivity index (χ2v) is 7.31. The molecule has 0 fully saturated rings. The van der Waals surface area contributed by atoms with Gasteiger partial charge in [0.15, 0.2) is 0 Å². The zero-order chi connectivity index (χ0) is 29.6. The van der Waals surface area contributed by atoms with Gasteiger partial charge in [-0.2, -0.15) is 44.9 Å². The lowest BCUT2D eigenvalue weighted by atomic mass is 10.9. The number of aromatic nitrogens is 9. The number of rotatable bonds is 0. The van der Waals surface area contributed by atoms with E-state index in [1.54, 1.807) is 0 Å². The summed E-state index contributed by atoms with van der Waals surface area (Å²) in [6.45, 7) is 0. The number of nitrogen functional groups attached to an aromatic ring is 9. The Kier molecular flexibility index (Phi) is 14.5. The number of hydrogen-bond donors (Lipinski definition) is 15. The summed E-state index contributed by atoms with van der Waals surface area (Å²) < 4.78 is 17.8. The highest BCUT2D eigenvalue weighted by atomic mass is 31.2. The molecule has 0 saturated heterocycles. The normalized spacial score (nSPS) is 10.0. The van der Waals surface area contributed by atoms with Gasteiger partial charge in [0.1, 0.15) is 0 Å². The topological polar surface area (TPSA) is 506 Å². The molecule has 208 valence electrons. The third kappa shape index (κ3) is 27.6. The molecule has 0 aliphatic carbocycles. The van der Waals surface area contributed by atoms with E-state index in [2.05, 4.69) is 44.9 Å². The van der Waals surface area contributed by atoms with Crippen molar-refractivity contribution in [3.05, 3.63) is 0 Å². The van der Waals surface area contributed by atoms with E-state index in [0.717, 1.165) is 0 Å². The molecule has 37 heavy (non-hydrogen) atoms. The Morgan fingerprint density at radius 3 is 0.432 bits per heavy atom. The van der Waals surface area contributed by atoms with Crippen LogP contribution < -0.4 is 51.6 Å². The molecule has 0 aliphatic rings. The van der Waals surface area contributed by atoms with E-state index in [0.29, 0.717) is 0 Å². The van der Waals surface area contributed by atoms with E-state index < -0.39 is 15.6 Å². The van der Waals surface area contributed by atoms with Crippen LogP contribution in [-0.4, -0.2) is 74.2 Å². The largest absolute Gasteiger partial charge is 0.466 e. The predicted octanol–water partition coefficient (Wildman–Crippen LogP) is -6.00. The van der Waals surface area contributed by atoms with Crippen LogP contribution in [0.25, 0.3) is 0 Å². The molecule has 24 N–H and O–H groups in total. The first-order valence-corrected chi connectivity index (χ1v) is 11.3. The van der Waals surface area contributed by atoms with Gasteiger partial charge in [-0.3, -0.25) is 0 Å². The predicted molar refractivity (Wildman–Crippen MR) is 128 cm³/mol. The first-order chi connectivity index (χ1) is 16.5. The lowest BCUT2D eigenvalue weighted by Gasteiger charge is -1.93. The van der Waals surface area contributed by atoms with Gasteiger partial charge < -0.3 is 81.0 Å². The molecule has 0 bridgehead atoms. The van der Waals surface area contributed by atoms with E-state index in [1.165, 1.54) is 0 Å². The summed E-state index contributed by atoms with van der Waals surface area (Å²) in [4.78, 5) is 74.5. The van der Waals surface area contributed by atoms with Crippen LogP contribution >= 0.6 is 15.6 Å². The Hall–Kier alpha value is -4.55. The molecule has 26 nitrogen and oxygen atoms in total. The fraction of sp³-hybridized carbons (Fsp3) is 0. The van der Waals surface area contributed by atoms with Crippen LogP contribution in [0.1, 0.15) is 0 Å². The van der Waals surface area contributed by atoms with Crippen molar-refractivity contribution < 1.29 is 38.5 Å². The molecule has 3 heterocycles. The van der Waals surface area contributed by atoms with E-state index in [4.69, 9.17) is 90.1 Å². The molecule has 3 rings (SSSR count). The van der Waals surface area contributed by atoms with E-state index in [9.17, 15) is 0 Å². The van der Waals surface area contributed by atoms with Crippen molar-refractivity contribution in [2.75, 3.05) is 51.6 Å². The Bertz CT molecular complexity index is 916. The molecular formula is C9H24N18O8P2. The van der Waals surface area contributed by atoms with E-state index in [-0.39, 0.29) is 53.5 Å². The van der Waals surface area contributed by atoms with Crippen molar-refractivity contribution in [3.8, 4) is 0 Å². The summed E-state index contributed by atoms with van der Waals surface area (Å²) >= 11 is 0. The second-order valence-electron chi connectivity index (χ2n) is 5.26. The Morgan fingerprint density at radius 2 is 0.378 bits per heavy atom. The third-order valence-electron chi connectivity index (χ3n) is 2.06. The maximum atomic E-state index is 8.88. The summed E-state index contributed by atoms with van der Waals surface area (Å²) in [6.07, 6.45) is 0. The van der Waals surface area contributed by atoms with Crippen molar-refractivity contribution in [1.82, 2.24) is 44.9 Å². The summed E-state index contributed by atoms with van der Waals surface area (Å²) in [5.74, 6) is 0.375. The lowest BCUT2D eigenvalue weighted by Crippen LogP contribution is -2.05. The molecule has 0 radical (unpaired) electrons. The van der Waals surface area contributed by atoms with E-state index >= 15 is 0 Å². The number of nitrogens with zero attached hydrogens (tertiary/aromatic N) is 9. The van der Waals surface area contributed by atoms with Gasteiger partial charge in [0.25, 0.3) is 0 Å². The lowest BCUT2D eigenvalue weighted by molar-refractivity contribution is 0.272. The first-order valence-electron chi connectivity index (χ1n) is 8.19. The van der Waals surface area contributed by atoms with Crippen molar-refractivity contribution in [3.63, 3.8) is 0 Å². The Balaban J connectivity index is 0. The van der Waals surface area contributed by atoms with Gasteiger partial charge in [-0.05, 0) is 0 Å². The quantitative estimate of drug-likeness (QED) is 0.111. The zero-order valence-corrected chi connectivity index (χ0v) is 19.9. The van der Waals surface area contributed by atoms with Gasteiger partial charge in [-0.25, -0.2) is 9.13 Å². The number of anilines is 9. The Labute approximate surface area is 204 Å². The standard InChI is InChI=1S/3C3H6N6.2H3O4P/c3*4-1-7-2(5)9-3(6)8-1;2*1-5(2,3)4/h3*(H6,4,5,6,7,8,9);2*(H3,1,2,3,4). The molecular weight excluding hydrogens is 550 g/mol. The van der Waals surface area contributed by atoms with Gasteiger partial charge in [0, 0.05) is 0 Å². The molecule has 0 amide bonds.